The molecule has 0 fully saturated rings. The first-order valence-electron chi connectivity index (χ1n) is 7.19. The number of hydrogen-bond acceptors (Lipinski definition) is 3. The third kappa shape index (κ3) is 3.46. The first kappa shape index (κ1) is 17.7. The van der Waals surface area contributed by atoms with Crippen molar-refractivity contribution in [3.8, 4) is 5.75 Å². The summed E-state index contributed by atoms with van der Waals surface area (Å²) >= 11 is 0. The van der Waals surface area contributed by atoms with Crippen LogP contribution in [0.25, 0.3) is 10.9 Å². The lowest BCUT2D eigenvalue weighted by Gasteiger charge is -2.10. The summed E-state index contributed by atoms with van der Waals surface area (Å²) in [5.41, 5.74) is -1.36. The Hall–Kier alpha value is -3.10. The van der Waals surface area contributed by atoms with Gasteiger partial charge >= 0.3 is 12.1 Å². The topological polar surface area (TPSA) is 62.3 Å². The molecule has 136 valence electrons. The number of phenols is 1. The largest absolute Gasteiger partial charge is 0.505 e. The van der Waals surface area contributed by atoms with Crippen LogP contribution in [0.5, 0.6) is 5.75 Å². The molecule has 3 rings (SSSR count). The molecule has 0 spiro atoms. The van der Waals surface area contributed by atoms with Crippen molar-refractivity contribution in [2.24, 2.45) is 0 Å². The van der Waals surface area contributed by atoms with Gasteiger partial charge in [0.05, 0.1) is 5.56 Å². The van der Waals surface area contributed by atoms with Crippen molar-refractivity contribution in [2.75, 3.05) is 0 Å². The Labute approximate surface area is 142 Å². The highest BCUT2D eigenvalue weighted by Gasteiger charge is 2.34. The minimum absolute atomic E-state index is 0.0492. The fourth-order valence-corrected chi connectivity index (χ4v) is 2.36. The van der Waals surface area contributed by atoms with Gasteiger partial charge in [0, 0.05) is 17.0 Å². The molecule has 2 N–H and O–H groups in total. The zero-order valence-electron chi connectivity index (χ0n) is 12.8. The van der Waals surface area contributed by atoms with Gasteiger partial charge in [-0.05, 0) is 29.8 Å². The number of fused-ring (bicyclic) bond motifs is 1. The third-order valence-corrected chi connectivity index (χ3v) is 3.61. The van der Waals surface area contributed by atoms with Gasteiger partial charge in [-0.3, -0.25) is 0 Å². The summed E-state index contributed by atoms with van der Waals surface area (Å²) in [7, 11) is 0. The lowest BCUT2D eigenvalue weighted by atomic mass is 10.1. The molecule has 4 nitrogen and oxygen atoms in total. The minimum atomic E-state index is -4.87. The number of hydrogen-bond donors (Lipinski definition) is 2. The normalized spacial score (nSPS) is 11.7. The second kappa shape index (κ2) is 6.32. The molecular weight excluding hydrogens is 361 g/mol. The summed E-state index contributed by atoms with van der Waals surface area (Å²) in [6.45, 7) is -0.517. The van der Waals surface area contributed by atoms with Gasteiger partial charge in [-0.25, -0.2) is 13.6 Å². The molecule has 0 radical (unpaired) electrons. The van der Waals surface area contributed by atoms with Crippen molar-refractivity contribution >= 4 is 16.9 Å². The van der Waals surface area contributed by atoms with Crippen LogP contribution in [0.3, 0.4) is 0 Å². The zero-order valence-corrected chi connectivity index (χ0v) is 12.8. The minimum Gasteiger partial charge on any atom is -0.505 e. The fraction of sp³-hybridized carbons (Fsp3) is 0.118. The number of aromatic nitrogens is 1. The molecule has 1 heterocycles. The van der Waals surface area contributed by atoms with Gasteiger partial charge in [0.2, 0.25) is 0 Å². The summed E-state index contributed by atoms with van der Waals surface area (Å²) in [6.07, 6.45) is -4.87. The quantitative estimate of drug-likeness (QED) is 0.525. The number of carbonyl (C=O) groups excluding carboxylic acids is 1. The number of benzene rings is 2. The molecule has 0 saturated heterocycles. The summed E-state index contributed by atoms with van der Waals surface area (Å²) in [5.74, 6) is -3.81. The molecule has 0 aliphatic heterocycles. The molecule has 0 aliphatic rings. The smallest absolute Gasteiger partial charge is 0.419 e. The van der Waals surface area contributed by atoms with Crippen molar-refractivity contribution in [1.29, 1.82) is 0 Å². The average molecular weight is 371 g/mol. The highest BCUT2D eigenvalue weighted by molar-refractivity contribution is 5.95. The lowest BCUT2D eigenvalue weighted by Crippen LogP contribution is -2.10. The van der Waals surface area contributed by atoms with Crippen LogP contribution >= 0.6 is 0 Å². The van der Waals surface area contributed by atoms with E-state index in [9.17, 15) is 31.9 Å². The molecule has 0 unspecified atom stereocenters. The van der Waals surface area contributed by atoms with E-state index in [1.54, 1.807) is 0 Å². The van der Waals surface area contributed by atoms with E-state index in [1.165, 1.54) is 6.07 Å². The summed E-state index contributed by atoms with van der Waals surface area (Å²) in [5, 5.41) is 9.65. The van der Waals surface area contributed by atoms with Crippen molar-refractivity contribution in [1.82, 2.24) is 4.98 Å². The van der Waals surface area contributed by atoms with E-state index < -0.39 is 41.7 Å². The molecule has 3 aromatic rings. The molecule has 9 heteroatoms. The van der Waals surface area contributed by atoms with Gasteiger partial charge < -0.3 is 14.8 Å². The van der Waals surface area contributed by atoms with Crippen molar-refractivity contribution in [2.45, 2.75) is 12.8 Å². The number of ether oxygens (including phenoxy) is 1. The van der Waals surface area contributed by atoms with E-state index in [0.717, 1.165) is 18.2 Å². The molecule has 26 heavy (non-hydrogen) atoms. The molecular formula is C17H10F5NO3. The zero-order chi connectivity index (χ0) is 19.1. The molecule has 0 aliphatic carbocycles. The maximum atomic E-state index is 13.3. The molecule has 1 aromatic heterocycles. The third-order valence-electron chi connectivity index (χ3n) is 3.61. The van der Waals surface area contributed by atoms with Crippen LogP contribution in [-0.2, 0) is 17.5 Å². The van der Waals surface area contributed by atoms with Crippen LogP contribution in [0, 0.1) is 11.6 Å². The van der Waals surface area contributed by atoms with Crippen LogP contribution in [0.4, 0.5) is 22.0 Å². The van der Waals surface area contributed by atoms with Crippen LogP contribution < -0.4 is 0 Å². The number of phenolic OH excluding ortho intramolecular Hbond substituents is 1. The van der Waals surface area contributed by atoms with E-state index in [1.807, 2.05) is 0 Å². The van der Waals surface area contributed by atoms with Crippen molar-refractivity contribution in [3.05, 3.63) is 64.9 Å². The predicted octanol–water partition coefficient (Wildman–Crippen LogP) is 4.53. The molecule has 2 aromatic carbocycles. The van der Waals surface area contributed by atoms with Gasteiger partial charge in [0.25, 0.3) is 0 Å². The molecule has 0 amide bonds. The van der Waals surface area contributed by atoms with Gasteiger partial charge in [-0.1, -0.05) is 6.07 Å². The number of nitrogens with one attached hydrogen (secondary N) is 1. The Kier molecular flexibility index (Phi) is 4.31. The van der Waals surface area contributed by atoms with Crippen LogP contribution in [0.15, 0.2) is 36.4 Å². The number of aromatic hydroxyl groups is 1. The van der Waals surface area contributed by atoms with E-state index >= 15 is 0 Å². The van der Waals surface area contributed by atoms with Crippen molar-refractivity contribution in [3.63, 3.8) is 0 Å². The number of esters is 1. The Morgan fingerprint density at radius 1 is 1.08 bits per heavy atom. The Morgan fingerprint density at radius 2 is 1.81 bits per heavy atom. The van der Waals surface area contributed by atoms with Crippen LogP contribution in [0.1, 0.15) is 21.6 Å². The number of H-pyrrole nitrogens is 1. The van der Waals surface area contributed by atoms with E-state index in [4.69, 9.17) is 4.74 Å². The SMILES string of the molecule is O=C(OCc1ccc(F)c(C(F)(F)F)c1)c1cc2cc(O)c(F)cc2[nH]1. The predicted molar refractivity (Wildman–Crippen MR) is 80.4 cm³/mol. The standard InChI is InChI=1S/C17H10F5NO3/c18-11-2-1-8(3-10(11)17(20,21)22)7-26-16(25)14-4-9-5-15(24)12(19)6-13(9)23-14/h1-6,23-24H,7H2. The second-order valence-corrected chi connectivity index (χ2v) is 5.46. The monoisotopic (exact) mass is 371 g/mol. The summed E-state index contributed by atoms with van der Waals surface area (Å²) < 4.78 is 69.4. The summed E-state index contributed by atoms with van der Waals surface area (Å²) in [6, 6.07) is 5.64. The first-order valence-corrected chi connectivity index (χ1v) is 7.19. The number of carbonyl (C=O) groups is 1. The van der Waals surface area contributed by atoms with E-state index in [2.05, 4.69) is 4.98 Å². The fourth-order valence-electron chi connectivity index (χ4n) is 2.36. The maximum Gasteiger partial charge on any atom is 0.419 e. The second-order valence-electron chi connectivity index (χ2n) is 5.46. The number of halogens is 5. The van der Waals surface area contributed by atoms with Gasteiger partial charge in [0.15, 0.2) is 11.6 Å². The molecule has 0 saturated carbocycles. The van der Waals surface area contributed by atoms with Gasteiger partial charge in [-0.2, -0.15) is 13.2 Å². The molecule has 0 bridgehead atoms. The summed E-state index contributed by atoms with van der Waals surface area (Å²) in [4.78, 5) is 14.6. The average Bonchev–Trinajstić information content (AvgIpc) is 2.96. The number of alkyl halides is 3. The van der Waals surface area contributed by atoms with E-state index in [-0.39, 0.29) is 16.8 Å². The first-order chi connectivity index (χ1) is 12.1. The van der Waals surface area contributed by atoms with Crippen molar-refractivity contribution < 1.29 is 36.6 Å². The van der Waals surface area contributed by atoms with E-state index in [0.29, 0.717) is 17.5 Å². The molecule has 0 atom stereocenters. The maximum absolute atomic E-state index is 13.3. The van der Waals surface area contributed by atoms with Crippen LogP contribution in [0.2, 0.25) is 0 Å². The van der Waals surface area contributed by atoms with Gasteiger partial charge in [-0.15, -0.1) is 0 Å². The van der Waals surface area contributed by atoms with Gasteiger partial charge in [0.1, 0.15) is 18.1 Å². The lowest BCUT2D eigenvalue weighted by molar-refractivity contribution is -0.140. The Morgan fingerprint density at radius 3 is 2.50 bits per heavy atom. The highest BCUT2D eigenvalue weighted by Crippen LogP contribution is 2.32. The Balaban J connectivity index is 1.77. The number of rotatable bonds is 3. The Bertz CT molecular complexity index is 955. The van der Waals surface area contributed by atoms with Crippen LogP contribution in [-0.4, -0.2) is 16.1 Å². The number of aromatic amines is 1. The highest BCUT2D eigenvalue weighted by atomic mass is 19.4.